The molecule has 1 aliphatic rings. The van der Waals surface area contributed by atoms with Crippen molar-refractivity contribution < 1.29 is 4.74 Å². The predicted octanol–water partition coefficient (Wildman–Crippen LogP) is 3.67. The summed E-state index contributed by atoms with van der Waals surface area (Å²) in [4.78, 5) is 15.6. The summed E-state index contributed by atoms with van der Waals surface area (Å²) < 4.78 is 9.50. The lowest BCUT2D eigenvalue weighted by Crippen LogP contribution is -2.47. The predicted molar refractivity (Wildman–Crippen MR) is 138 cm³/mol. The van der Waals surface area contributed by atoms with E-state index >= 15 is 0 Å². The van der Waals surface area contributed by atoms with Crippen LogP contribution in [-0.4, -0.2) is 53.2 Å². The number of hydrogen-bond donors (Lipinski definition) is 2. The standard InChI is InChI=1S/C27H37N5O2/c1-20(2)18-31-14-15-34-25(19-31)17-28-16-22-10-12-23(13-11-22)29-26-21(3)30(4)32(27(26)33)24-8-6-5-7-9-24/h5-13,20,25,28-29H,14-19H2,1-4H3/t25-/m0/s1. The van der Waals surface area contributed by atoms with Crippen LogP contribution in [0.25, 0.3) is 5.69 Å². The van der Waals surface area contributed by atoms with E-state index in [0.717, 1.165) is 56.4 Å². The Bertz CT molecular complexity index is 1120. The van der Waals surface area contributed by atoms with Crippen molar-refractivity contribution in [2.75, 3.05) is 38.1 Å². The first-order chi connectivity index (χ1) is 16.4. The quantitative estimate of drug-likeness (QED) is 0.507. The van der Waals surface area contributed by atoms with Crippen LogP contribution in [0.3, 0.4) is 0 Å². The highest BCUT2D eigenvalue weighted by atomic mass is 16.5. The van der Waals surface area contributed by atoms with Crippen LogP contribution >= 0.6 is 0 Å². The van der Waals surface area contributed by atoms with Gasteiger partial charge in [-0.25, -0.2) is 4.68 Å². The second kappa shape index (κ2) is 11.0. The summed E-state index contributed by atoms with van der Waals surface area (Å²) in [5.41, 5.74) is 4.37. The van der Waals surface area contributed by atoms with Crippen molar-refractivity contribution >= 4 is 11.4 Å². The van der Waals surface area contributed by atoms with Crippen molar-refractivity contribution in [2.45, 2.75) is 33.4 Å². The number of rotatable bonds is 9. The number of benzene rings is 2. The lowest BCUT2D eigenvalue weighted by molar-refractivity contribution is -0.0303. The van der Waals surface area contributed by atoms with Gasteiger partial charge in [0.05, 0.1) is 24.1 Å². The van der Waals surface area contributed by atoms with Gasteiger partial charge in [0.1, 0.15) is 5.69 Å². The average molecular weight is 464 g/mol. The second-order valence-electron chi connectivity index (χ2n) is 9.54. The molecule has 0 bridgehead atoms. The van der Waals surface area contributed by atoms with E-state index in [9.17, 15) is 4.79 Å². The Balaban J connectivity index is 1.34. The van der Waals surface area contributed by atoms with Crippen molar-refractivity contribution in [3.63, 3.8) is 0 Å². The van der Waals surface area contributed by atoms with Gasteiger partial charge in [0.25, 0.3) is 5.56 Å². The van der Waals surface area contributed by atoms with Gasteiger partial charge >= 0.3 is 0 Å². The zero-order chi connectivity index (χ0) is 24.1. The number of para-hydroxylation sites is 1. The van der Waals surface area contributed by atoms with E-state index in [4.69, 9.17) is 4.74 Å². The lowest BCUT2D eigenvalue weighted by atomic mass is 10.1. The molecule has 0 aliphatic carbocycles. The maximum Gasteiger partial charge on any atom is 0.295 e. The molecule has 1 fully saturated rings. The Morgan fingerprint density at radius 1 is 1.09 bits per heavy atom. The van der Waals surface area contributed by atoms with Crippen LogP contribution in [0.15, 0.2) is 59.4 Å². The largest absolute Gasteiger partial charge is 0.374 e. The van der Waals surface area contributed by atoms with Crippen LogP contribution < -0.4 is 16.2 Å². The average Bonchev–Trinajstić information content (AvgIpc) is 3.03. The van der Waals surface area contributed by atoms with Crippen molar-refractivity contribution in [3.05, 3.63) is 76.2 Å². The molecule has 0 spiro atoms. The first-order valence-corrected chi connectivity index (χ1v) is 12.2. The number of nitrogens with zero attached hydrogens (tertiary/aromatic N) is 3. The van der Waals surface area contributed by atoms with Crippen LogP contribution in [-0.2, 0) is 18.3 Å². The molecule has 1 aromatic heterocycles. The van der Waals surface area contributed by atoms with Crippen molar-refractivity contribution in [1.29, 1.82) is 0 Å². The Kier molecular flexibility index (Phi) is 7.88. The molecular formula is C27H37N5O2. The summed E-state index contributed by atoms with van der Waals surface area (Å²) in [6.07, 6.45) is 0.237. The summed E-state index contributed by atoms with van der Waals surface area (Å²) >= 11 is 0. The smallest absolute Gasteiger partial charge is 0.295 e. The Morgan fingerprint density at radius 3 is 2.53 bits per heavy atom. The second-order valence-corrected chi connectivity index (χ2v) is 9.54. The first kappa shape index (κ1) is 24.3. The highest BCUT2D eigenvalue weighted by molar-refractivity contribution is 5.62. The third kappa shape index (κ3) is 5.78. The van der Waals surface area contributed by atoms with Gasteiger partial charge in [0.15, 0.2) is 0 Å². The van der Waals surface area contributed by atoms with E-state index in [1.807, 2.05) is 61.1 Å². The van der Waals surface area contributed by atoms with E-state index in [1.54, 1.807) is 4.68 Å². The van der Waals surface area contributed by atoms with E-state index < -0.39 is 0 Å². The molecule has 7 nitrogen and oxygen atoms in total. The van der Waals surface area contributed by atoms with Gasteiger partial charge in [-0.3, -0.25) is 14.4 Å². The van der Waals surface area contributed by atoms with Gasteiger partial charge in [-0.15, -0.1) is 0 Å². The molecule has 182 valence electrons. The zero-order valence-electron chi connectivity index (χ0n) is 20.8. The van der Waals surface area contributed by atoms with Crippen LogP contribution in [0, 0.1) is 12.8 Å². The highest BCUT2D eigenvalue weighted by Crippen LogP contribution is 2.20. The van der Waals surface area contributed by atoms with E-state index in [1.165, 1.54) is 5.56 Å². The number of ether oxygens (including phenoxy) is 1. The number of hydrogen-bond acceptors (Lipinski definition) is 5. The molecule has 4 rings (SSSR count). The normalized spacial score (nSPS) is 16.8. The minimum absolute atomic E-state index is 0.0593. The van der Waals surface area contributed by atoms with Gasteiger partial charge in [0.2, 0.25) is 0 Å². The van der Waals surface area contributed by atoms with E-state index in [-0.39, 0.29) is 11.7 Å². The van der Waals surface area contributed by atoms with Gasteiger partial charge < -0.3 is 15.4 Å². The molecular weight excluding hydrogens is 426 g/mol. The summed E-state index contributed by atoms with van der Waals surface area (Å²) in [6, 6.07) is 17.9. The fourth-order valence-electron chi connectivity index (χ4n) is 4.53. The molecule has 2 aromatic carbocycles. The zero-order valence-corrected chi connectivity index (χ0v) is 20.8. The summed E-state index contributed by atoms with van der Waals surface area (Å²) in [6.45, 7) is 12.1. The third-order valence-corrected chi connectivity index (χ3v) is 6.32. The van der Waals surface area contributed by atoms with Gasteiger partial charge in [-0.1, -0.05) is 44.2 Å². The van der Waals surface area contributed by atoms with Crippen molar-refractivity contribution in [3.8, 4) is 5.69 Å². The fraction of sp³-hybridized carbons (Fsp3) is 0.444. The lowest BCUT2D eigenvalue weighted by Gasteiger charge is -2.34. The number of morpholine rings is 1. The molecule has 34 heavy (non-hydrogen) atoms. The molecule has 1 aliphatic heterocycles. The molecule has 1 saturated heterocycles. The van der Waals surface area contributed by atoms with Crippen LogP contribution in [0.4, 0.5) is 11.4 Å². The third-order valence-electron chi connectivity index (χ3n) is 6.32. The monoisotopic (exact) mass is 463 g/mol. The molecule has 3 aromatic rings. The highest BCUT2D eigenvalue weighted by Gasteiger charge is 2.20. The molecule has 0 radical (unpaired) electrons. The summed E-state index contributed by atoms with van der Waals surface area (Å²) in [5.74, 6) is 0.680. The SMILES string of the molecule is Cc1c(Nc2ccc(CNC[C@H]3CN(CC(C)C)CCO3)cc2)c(=O)n(-c2ccccc2)n1C. The molecule has 1 atom stereocenters. The van der Waals surface area contributed by atoms with Crippen molar-refractivity contribution in [2.24, 2.45) is 13.0 Å². The van der Waals surface area contributed by atoms with Gasteiger partial charge in [0, 0.05) is 45.5 Å². The number of aromatic nitrogens is 2. The Labute approximate surface area is 202 Å². The molecule has 7 heteroatoms. The van der Waals surface area contributed by atoms with Gasteiger partial charge in [-0.05, 0) is 42.7 Å². The maximum atomic E-state index is 13.1. The number of anilines is 2. The Hall–Kier alpha value is -2.87. The van der Waals surface area contributed by atoms with Crippen LogP contribution in [0.2, 0.25) is 0 Å². The van der Waals surface area contributed by atoms with E-state index in [0.29, 0.717) is 11.6 Å². The summed E-state index contributed by atoms with van der Waals surface area (Å²) in [7, 11) is 1.90. The Morgan fingerprint density at radius 2 is 1.82 bits per heavy atom. The first-order valence-electron chi connectivity index (χ1n) is 12.2. The number of nitrogens with one attached hydrogen (secondary N) is 2. The fourth-order valence-corrected chi connectivity index (χ4v) is 4.53. The molecule has 0 saturated carbocycles. The molecule has 2 heterocycles. The molecule has 2 N–H and O–H groups in total. The van der Waals surface area contributed by atoms with Crippen molar-refractivity contribution in [1.82, 2.24) is 19.6 Å². The summed E-state index contributed by atoms with van der Waals surface area (Å²) in [5, 5.41) is 6.86. The maximum absolute atomic E-state index is 13.1. The molecule has 0 unspecified atom stereocenters. The van der Waals surface area contributed by atoms with Crippen LogP contribution in [0.5, 0.6) is 0 Å². The van der Waals surface area contributed by atoms with Crippen LogP contribution in [0.1, 0.15) is 25.1 Å². The van der Waals surface area contributed by atoms with E-state index in [2.05, 4.69) is 41.5 Å². The minimum Gasteiger partial charge on any atom is -0.374 e. The molecule has 0 amide bonds. The minimum atomic E-state index is -0.0593. The van der Waals surface area contributed by atoms with Gasteiger partial charge in [-0.2, -0.15) is 0 Å². The topological polar surface area (TPSA) is 63.5 Å².